The molecule has 69 heavy (non-hydrogen) atoms. The molecule has 5 nitrogen and oxygen atoms in total. The largest absolute Gasteiger partial charge is 0.457 e. The van der Waals surface area contributed by atoms with E-state index >= 15 is 0 Å². The second kappa shape index (κ2) is 17.3. The quantitative estimate of drug-likeness (QED) is 0.137. The SMILES string of the molecule is CC(C)(C)c1cc(N2C=C(c3ccccc3)N(c3cc(Oc4ccc5c6ccccc6n(-c6cc(C(C)(C)c7ccccc7)ccn6)c5c4)cc(C(C)(C)c4ccccc4)c3)C2)cc(C(C)(C)C)c1. The minimum Gasteiger partial charge on any atom is -0.457 e. The van der Waals surface area contributed by atoms with Crippen molar-refractivity contribution in [3.8, 4) is 17.3 Å². The van der Waals surface area contributed by atoms with Gasteiger partial charge in [0.15, 0.2) is 0 Å². The summed E-state index contributed by atoms with van der Waals surface area (Å²) in [6.45, 7) is 23.7. The summed E-state index contributed by atoms with van der Waals surface area (Å²) in [6, 6.07) is 65.8. The third-order valence-electron chi connectivity index (χ3n) is 14.4. The number of nitrogens with zero attached hydrogens (tertiary/aromatic N) is 4. The van der Waals surface area contributed by atoms with Crippen LogP contribution in [-0.2, 0) is 21.7 Å². The molecule has 0 saturated heterocycles. The van der Waals surface area contributed by atoms with Crippen LogP contribution >= 0.6 is 0 Å². The molecule has 0 unspecified atom stereocenters. The van der Waals surface area contributed by atoms with E-state index < -0.39 is 0 Å². The summed E-state index contributed by atoms with van der Waals surface area (Å²) in [6.07, 6.45) is 4.27. The lowest BCUT2D eigenvalue weighted by Crippen LogP contribution is -2.28. The van der Waals surface area contributed by atoms with Crippen LogP contribution in [-0.4, -0.2) is 16.2 Å². The predicted octanol–water partition coefficient (Wildman–Crippen LogP) is 16.5. The molecule has 2 aromatic heterocycles. The topological polar surface area (TPSA) is 33.5 Å². The minimum atomic E-state index is -0.339. The molecule has 0 aliphatic carbocycles. The highest BCUT2D eigenvalue weighted by Crippen LogP contribution is 2.44. The zero-order chi connectivity index (χ0) is 48.3. The van der Waals surface area contributed by atoms with Gasteiger partial charge in [0.05, 0.1) is 23.4 Å². The number of fused-ring (bicyclic) bond motifs is 3. The Morgan fingerprint density at radius 2 is 1.00 bits per heavy atom. The number of hydrogen-bond acceptors (Lipinski definition) is 4. The van der Waals surface area contributed by atoms with Gasteiger partial charge in [-0.2, -0.15) is 0 Å². The summed E-state index contributed by atoms with van der Waals surface area (Å²) in [4.78, 5) is 9.89. The van der Waals surface area contributed by atoms with Gasteiger partial charge in [-0.1, -0.05) is 184 Å². The van der Waals surface area contributed by atoms with Crippen molar-refractivity contribution in [1.82, 2.24) is 9.55 Å². The number of benzene rings is 7. The van der Waals surface area contributed by atoms with Gasteiger partial charge >= 0.3 is 0 Å². The number of rotatable bonds is 10. The lowest BCUT2D eigenvalue weighted by atomic mass is 9.78. The van der Waals surface area contributed by atoms with Crippen molar-refractivity contribution in [1.29, 1.82) is 0 Å². The smallest absolute Gasteiger partial charge is 0.137 e. The third kappa shape index (κ3) is 8.72. The average molecular weight is 905 g/mol. The van der Waals surface area contributed by atoms with Crippen LogP contribution in [0.3, 0.4) is 0 Å². The first kappa shape index (κ1) is 45.4. The van der Waals surface area contributed by atoms with Gasteiger partial charge in [0.2, 0.25) is 0 Å². The summed E-state index contributed by atoms with van der Waals surface area (Å²) in [5.74, 6) is 2.40. The fourth-order valence-corrected chi connectivity index (χ4v) is 9.87. The lowest BCUT2D eigenvalue weighted by Gasteiger charge is -2.31. The maximum atomic E-state index is 7.15. The van der Waals surface area contributed by atoms with E-state index in [1.165, 1.54) is 38.9 Å². The van der Waals surface area contributed by atoms with Gasteiger partial charge in [0, 0.05) is 57.5 Å². The monoisotopic (exact) mass is 905 g/mol. The molecule has 0 saturated carbocycles. The molecule has 0 N–H and O–H groups in total. The number of anilines is 2. The zero-order valence-electron chi connectivity index (χ0n) is 41.9. The van der Waals surface area contributed by atoms with Gasteiger partial charge in [-0.25, -0.2) is 4.98 Å². The van der Waals surface area contributed by atoms with E-state index in [9.17, 15) is 0 Å². The van der Waals surface area contributed by atoms with Crippen LogP contribution in [0.5, 0.6) is 11.5 Å². The molecule has 0 amide bonds. The molecule has 0 radical (unpaired) electrons. The molecule has 7 aromatic carbocycles. The van der Waals surface area contributed by atoms with E-state index in [2.05, 4.69) is 272 Å². The number of para-hydroxylation sites is 1. The van der Waals surface area contributed by atoms with Gasteiger partial charge in [0.1, 0.15) is 17.3 Å². The molecule has 3 heterocycles. The van der Waals surface area contributed by atoms with Gasteiger partial charge in [-0.15, -0.1) is 0 Å². The van der Waals surface area contributed by atoms with Crippen molar-refractivity contribution in [2.45, 2.75) is 90.9 Å². The standard InChI is InChI=1S/C64H64N4O/c1-61(2,3)48-34-49(62(4,5)6)36-51(35-48)66-42-59(44-22-14-11-15-23-44)67(43-66)52-37-50(64(9,10)46-26-18-13-19-27-46)38-54(40-52)69-53-30-31-56-55-28-20-21-29-57(55)68(58(56)41-53)60-39-47(32-33-65-60)63(7,8)45-24-16-12-17-25-45/h11-42H,43H2,1-10H3. The molecule has 0 spiro atoms. The molecular formula is C64H64N4O. The summed E-state index contributed by atoms with van der Waals surface area (Å²) in [7, 11) is 0. The summed E-state index contributed by atoms with van der Waals surface area (Å²) in [5, 5.41) is 2.32. The van der Waals surface area contributed by atoms with Crippen LogP contribution in [0.2, 0.25) is 0 Å². The Kier molecular flexibility index (Phi) is 11.4. The van der Waals surface area contributed by atoms with Crippen LogP contribution in [0.15, 0.2) is 194 Å². The van der Waals surface area contributed by atoms with Crippen molar-refractivity contribution in [2.24, 2.45) is 0 Å². The fraction of sp³-hybridized carbons (Fsp3) is 0.234. The molecule has 9 aromatic rings. The first-order valence-electron chi connectivity index (χ1n) is 24.4. The molecule has 346 valence electrons. The van der Waals surface area contributed by atoms with Crippen molar-refractivity contribution in [3.05, 3.63) is 233 Å². The fourth-order valence-electron chi connectivity index (χ4n) is 9.87. The van der Waals surface area contributed by atoms with E-state index in [1.807, 2.05) is 6.20 Å². The normalized spacial score (nSPS) is 13.6. The first-order chi connectivity index (χ1) is 32.9. The highest BCUT2D eigenvalue weighted by molar-refractivity contribution is 6.09. The van der Waals surface area contributed by atoms with E-state index in [0.717, 1.165) is 56.2 Å². The Labute approximate surface area is 409 Å². The second-order valence-electron chi connectivity index (χ2n) is 21.9. The number of hydrogen-bond donors (Lipinski definition) is 0. The summed E-state index contributed by atoms with van der Waals surface area (Å²) in [5.41, 5.74) is 13.6. The maximum Gasteiger partial charge on any atom is 0.137 e. The minimum absolute atomic E-state index is 0.0117. The van der Waals surface area contributed by atoms with E-state index in [0.29, 0.717) is 6.67 Å². The molecule has 0 atom stereocenters. The van der Waals surface area contributed by atoms with Crippen molar-refractivity contribution < 1.29 is 4.74 Å². The average Bonchev–Trinajstić information content (AvgIpc) is 3.94. The van der Waals surface area contributed by atoms with Crippen LogP contribution in [0, 0.1) is 0 Å². The Hall–Kier alpha value is -7.37. The van der Waals surface area contributed by atoms with Gasteiger partial charge in [0.25, 0.3) is 0 Å². The van der Waals surface area contributed by atoms with Gasteiger partial charge in [-0.05, 0) is 104 Å². The molecular weight excluding hydrogens is 841 g/mol. The second-order valence-corrected chi connectivity index (χ2v) is 21.9. The summed E-state index contributed by atoms with van der Waals surface area (Å²) >= 11 is 0. The van der Waals surface area contributed by atoms with E-state index in [-0.39, 0.29) is 21.7 Å². The van der Waals surface area contributed by atoms with Crippen molar-refractivity contribution >= 4 is 38.9 Å². The highest BCUT2D eigenvalue weighted by Gasteiger charge is 2.31. The zero-order valence-corrected chi connectivity index (χ0v) is 41.9. The Morgan fingerprint density at radius 1 is 0.435 bits per heavy atom. The number of pyridine rings is 1. The maximum absolute atomic E-state index is 7.15. The number of aromatic nitrogens is 2. The number of ether oxygens (including phenoxy) is 1. The first-order valence-corrected chi connectivity index (χ1v) is 24.4. The van der Waals surface area contributed by atoms with Crippen LogP contribution in [0.1, 0.15) is 108 Å². The highest BCUT2D eigenvalue weighted by atomic mass is 16.5. The van der Waals surface area contributed by atoms with Gasteiger partial charge < -0.3 is 14.5 Å². The summed E-state index contributed by atoms with van der Waals surface area (Å²) < 4.78 is 9.44. The molecule has 10 rings (SSSR count). The van der Waals surface area contributed by atoms with E-state index in [1.54, 1.807) is 0 Å². The van der Waals surface area contributed by atoms with Crippen LogP contribution in [0.4, 0.5) is 11.4 Å². The molecule has 1 aliphatic rings. The Bertz CT molecular complexity index is 3320. The molecule has 0 fully saturated rings. The van der Waals surface area contributed by atoms with Crippen molar-refractivity contribution in [2.75, 3.05) is 16.5 Å². The third-order valence-corrected chi connectivity index (χ3v) is 14.4. The Balaban J connectivity index is 1.10. The van der Waals surface area contributed by atoms with Crippen LogP contribution < -0.4 is 14.5 Å². The predicted molar refractivity (Wildman–Crippen MR) is 290 cm³/mol. The van der Waals surface area contributed by atoms with Gasteiger partial charge in [-0.3, -0.25) is 4.57 Å². The van der Waals surface area contributed by atoms with E-state index in [4.69, 9.17) is 9.72 Å². The Morgan fingerprint density at radius 3 is 1.64 bits per heavy atom. The molecule has 5 heteroatoms. The van der Waals surface area contributed by atoms with Crippen molar-refractivity contribution in [3.63, 3.8) is 0 Å². The molecule has 0 bridgehead atoms. The van der Waals surface area contributed by atoms with Crippen LogP contribution in [0.25, 0.3) is 33.3 Å². The molecule has 1 aliphatic heterocycles. The lowest BCUT2D eigenvalue weighted by molar-refractivity contribution is 0.480.